The molecule has 0 atom stereocenters. The summed E-state index contributed by atoms with van der Waals surface area (Å²) in [6.07, 6.45) is 2.15. The first-order valence-corrected chi connectivity index (χ1v) is 6.39. The fourth-order valence-corrected chi connectivity index (χ4v) is 3.40. The summed E-state index contributed by atoms with van der Waals surface area (Å²) in [4.78, 5) is 4.66. The minimum Gasteiger partial charge on any atom is -0.497 e. The summed E-state index contributed by atoms with van der Waals surface area (Å²) >= 11 is 6.89. The molecule has 0 fully saturated rings. The third kappa shape index (κ3) is 1.49. The van der Waals surface area contributed by atoms with Gasteiger partial charge in [0.25, 0.3) is 0 Å². The normalized spacial score (nSPS) is 13.1. The second-order valence-corrected chi connectivity index (χ2v) is 5.61. The molecule has 0 saturated carbocycles. The van der Waals surface area contributed by atoms with Crippen molar-refractivity contribution in [1.82, 2.24) is 4.98 Å². The average molecular weight is 249 g/mol. The van der Waals surface area contributed by atoms with Crippen LogP contribution >= 0.6 is 23.6 Å². The van der Waals surface area contributed by atoms with Gasteiger partial charge >= 0.3 is 0 Å². The van der Waals surface area contributed by atoms with Crippen LogP contribution in [0.3, 0.4) is 0 Å². The van der Waals surface area contributed by atoms with Gasteiger partial charge in [0.15, 0.2) is 3.95 Å². The lowest BCUT2D eigenvalue weighted by atomic mass is 9.93. The lowest BCUT2D eigenvalue weighted by Crippen LogP contribution is -2.02. The molecule has 0 bridgehead atoms. The fraction of sp³-hybridized carbons (Fsp3) is 0.250. The predicted molar refractivity (Wildman–Crippen MR) is 68.9 cm³/mol. The van der Waals surface area contributed by atoms with Crippen LogP contribution in [0.5, 0.6) is 5.75 Å². The lowest BCUT2D eigenvalue weighted by molar-refractivity contribution is 0.414. The van der Waals surface area contributed by atoms with E-state index < -0.39 is 0 Å². The predicted octanol–water partition coefficient (Wildman–Crippen LogP) is 3.58. The van der Waals surface area contributed by atoms with Crippen molar-refractivity contribution < 1.29 is 4.74 Å². The van der Waals surface area contributed by atoms with Crippen LogP contribution in [0.25, 0.3) is 11.3 Å². The smallest absolute Gasteiger partial charge is 0.159 e. The van der Waals surface area contributed by atoms with Gasteiger partial charge in [-0.1, -0.05) is 0 Å². The minimum atomic E-state index is 0.869. The first-order valence-electron chi connectivity index (χ1n) is 5.17. The van der Waals surface area contributed by atoms with E-state index in [-0.39, 0.29) is 0 Å². The summed E-state index contributed by atoms with van der Waals surface area (Å²) in [5.41, 5.74) is 3.82. The molecule has 3 rings (SSSR count). The number of aromatic nitrogens is 1. The molecule has 82 valence electrons. The second-order valence-electron chi connectivity index (χ2n) is 3.84. The van der Waals surface area contributed by atoms with Crippen LogP contribution in [0, 0.1) is 3.95 Å². The number of hydrogen-bond acceptors (Lipinski definition) is 3. The van der Waals surface area contributed by atoms with Crippen molar-refractivity contribution in [2.45, 2.75) is 12.8 Å². The molecular formula is C12H11NOS2. The van der Waals surface area contributed by atoms with E-state index in [0.717, 1.165) is 22.5 Å². The van der Waals surface area contributed by atoms with Gasteiger partial charge in [0.1, 0.15) is 5.75 Å². The number of thiazole rings is 1. The number of aromatic amines is 1. The molecule has 0 amide bonds. The van der Waals surface area contributed by atoms with Crippen molar-refractivity contribution in [3.05, 3.63) is 32.6 Å². The monoisotopic (exact) mass is 249 g/mol. The van der Waals surface area contributed by atoms with Crippen LogP contribution in [0.15, 0.2) is 18.2 Å². The van der Waals surface area contributed by atoms with Crippen LogP contribution < -0.4 is 4.74 Å². The quantitative estimate of drug-likeness (QED) is 0.781. The molecule has 0 radical (unpaired) electrons. The van der Waals surface area contributed by atoms with Gasteiger partial charge in [-0.2, -0.15) is 0 Å². The summed E-state index contributed by atoms with van der Waals surface area (Å²) in [7, 11) is 1.70. The second kappa shape index (κ2) is 3.71. The number of nitrogens with one attached hydrogen (secondary N) is 1. The van der Waals surface area contributed by atoms with Crippen LogP contribution in [0.1, 0.15) is 10.4 Å². The Hall–Kier alpha value is -1.13. The Bertz CT molecular complexity index is 597. The summed E-state index contributed by atoms with van der Waals surface area (Å²) in [5.74, 6) is 0.927. The van der Waals surface area contributed by atoms with Gasteiger partial charge in [0, 0.05) is 10.4 Å². The van der Waals surface area contributed by atoms with Crippen molar-refractivity contribution in [2.75, 3.05) is 7.11 Å². The van der Waals surface area contributed by atoms with Crippen molar-refractivity contribution in [3.63, 3.8) is 0 Å². The standard InChI is InChI=1S/C12H11NOS2/c1-14-8-3-4-9-7(6-8)2-5-10-11(9)13-12(15)16-10/h3-4,6H,2,5H2,1H3,(H,13,15). The molecule has 1 N–H and O–H groups in total. The van der Waals surface area contributed by atoms with Gasteiger partial charge in [-0.05, 0) is 48.8 Å². The van der Waals surface area contributed by atoms with E-state index in [0.29, 0.717) is 0 Å². The molecule has 2 nitrogen and oxygen atoms in total. The van der Waals surface area contributed by atoms with Gasteiger partial charge in [0.05, 0.1) is 12.8 Å². The molecular weight excluding hydrogens is 238 g/mol. The summed E-state index contributed by atoms with van der Waals surface area (Å²) in [6.45, 7) is 0. The molecule has 0 unspecified atom stereocenters. The zero-order valence-electron chi connectivity index (χ0n) is 8.87. The Morgan fingerprint density at radius 2 is 2.25 bits per heavy atom. The molecule has 1 heterocycles. The SMILES string of the molecule is COc1ccc2c(c1)CCc1sc(=S)[nH]c1-2. The fourth-order valence-electron chi connectivity index (χ4n) is 2.15. The number of hydrogen-bond donors (Lipinski definition) is 1. The molecule has 1 aromatic carbocycles. The van der Waals surface area contributed by atoms with Gasteiger partial charge < -0.3 is 9.72 Å². The van der Waals surface area contributed by atoms with Gasteiger partial charge in [-0.15, -0.1) is 11.3 Å². The van der Waals surface area contributed by atoms with E-state index in [2.05, 4.69) is 17.1 Å². The zero-order chi connectivity index (χ0) is 11.1. The van der Waals surface area contributed by atoms with Gasteiger partial charge in [0.2, 0.25) is 0 Å². The molecule has 0 saturated heterocycles. The third-order valence-electron chi connectivity index (χ3n) is 2.92. The maximum atomic E-state index is 5.25. The van der Waals surface area contributed by atoms with Crippen LogP contribution in [0.4, 0.5) is 0 Å². The van der Waals surface area contributed by atoms with E-state index in [1.165, 1.54) is 21.7 Å². The molecule has 1 aliphatic rings. The molecule has 2 aromatic rings. The number of fused-ring (bicyclic) bond motifs is 3. The van der Waals surface area contributed by atoms with E-state index in [9.17, 15) is 0 Å². The highest BCUT2D eigenvalue weighted by Gasteiger charge is 2.18. The summed E-state index contributed by atoms with van der Waals surface area (Å²) < 4.78 is 6.11. The van der Waals surface area contributed by atoms with E-state index in [1.807, 2.05) is 6.07 Å². The first-order chi connectivity index (χ1) is 7.78. The minimum absolute atomic E-state index is 0.869. The van der Waals surface area contributed by atoms with E-state index >= 15 is 0 Å². The number of rotatable bonds is 1. The lowest BCUT2D eigenvalue weighted by Gasteiger charge is -2.16. The summed E-state index contributed by atoms with van der Waals surface area (Å²) in [5, 5.41) is 0. The Balaban J connectivity index is 2.21. The average Bonchev–Trinajstić information content (AvgIpc) is 2.69. The van der Waals surface area contributed by atoms with Crippen LogP contribution in [0.2, 0.25) is 0 Å². The van der Waals surface area contributed by atoms with Crippen molar-refractivity contribution >= 4 is 23.6 Å². The highest BCUT2D eigenvalue weighted by atomic mass is 32.1. The molecule has 16 heavy (non-hydrogen) atoms. The largest absolute Gasteiger partial charge is 0.497 e. The van der Waals surface area contributed by atoms with E-state index in [1.54, 1.807) is 18.4 Å². The van der Waals surface area contributed by atoms with Gasteiger partial charge in [-0.3, -0.25) is 0 Å². The molecule has 0 spiro atoms. The number of ether oxygens (including phenoxy) is 1. The Labute approximate surface area is 103 Å². The Morgan fingerprint density at radius 1 is 1.38 bits per heavy atom. The Kier molecular flexibility index (Phi) is 2.33. The number of benzene rings is 1. The highest BCUT2D eigenvalue weighted by Crippen LogP contribution is 2.36. The molecule has 4 heteroatoms. The Morgan fingerprint density at radius 3 is 3.06 bits per heavy atom. The van der Waals surface area contributed by atoms with E-state index in [4.69, 9.17) is 17.0 Å². The maximum Gasteiger partial charge on any atom is 0.159 e. The molecule has 0 aliphatic heterocycles. The topological polar surface area (TPSA) is 25.0 Å². The maximum absolute atomic E-state index is 5.25. The third-order valence-corrected chi connectivity index (χ3v) is 4.22. The van der Waals surface area contributed by atoms with Crippen molar-refractivity contribution in [1.29, 1.82) is 0 Å². The van der Waals surface area contributed by atoms with Crippen molar-refractivity contribution in [2.24, 2.45) is 0 Å². The first kappa shape index (κ1) is 10.1. The zero-order valence-corrected chi connectivity index (χ0v) is 10.5. The molecule has 1 aliphatic carbocycles. The number of aryl methyl sites for hydroxylation is 2. The van der Waals surface area contributed by atoms with Crippen molar-refractivity contribution in [3.8, 4) is 17.0 Å². The highest BCUT2D eigenvalue weighted by molar-refractivity contribution is 7.73. The number of H-pyrrole nitrogens is 1. The van der Waals surface area contributed by atoms with Crippen LogP contribution in [-0.2, 0) is 12.8 Å². The van der Waals surface area contributed by atoms with Crippen LogP contribution in [-0.4, -0.2) is 12.1 Å². The number of methoxy groups -OCH3 is 1. The summed E-state index contributed by atoms with van der Waals surface area (Å²) in [6, 6.07) is 6.24. The van der Waals surface area contributed by atoms with Gasteiger partial charge in [-0.25, -0.2) is 0 Å². The molecule has 1 aromatic heterocycles.